The van der Waals surface area contributed by atoms with E-state index in [2.05, 4.69) is 15.2 Å². The highest BCUT2D eigenvalue weighted by atomic mass is 35.5. The number of hydrogen-bond donors (Lipinski definition) is 1. The Morgan fingerprint density at radius 1 is 1.19 bits per heavy atom. The van der Waals surface area contributed by atoms with Crippen LogP contribution in [0.3, 0.4) is 0 Å². The van der Waals surface area contributed by atoms with E-state index >= 15 is 0 Å². The largest absolute Gasteiger partial charge is 0.440 e. The second-order valence-corrected chi connectivity index (χ2v) is 8.94. The molecule has 3 saturated heterocycles. The third kappa shape index (κ3) is 3.59. The number of nitrogens with zero attached hydrogens (tertiary/aromatic N) is 2. The number of carbonyl (C=O) groups is 1. The lowest BCUT2D eigenvalue weighted by Gasteiger charge is -2.34. The summed E-state index contributed by atoms with van der Waals surface area (Å²) in [5, 5.41) is 4.34. The molecule has 0 radical (unpaired) electrons. The third-order valence-corrected chi connectivity index (χ3v) is 6.83. The molecular weight excluding hydrogens is 362 g/mol. The van der Waals surface area contributed by atoms with Gasteiger partial charge in [-0.25, -0.2) is 4.98 Å². The van der Waals surface area contributed by atoms with Crippen LogP contribution in [0.5, 0.6) is 0 Å². The summed E-state index contributed by atoms with van der Waals surface area (Å²) in [5.41, 5.74) is 1.60. The molecule has 5 nitrogen and oxygen atoms in total. The number of fused-ring (bicyclic) bond motifs is 3. The van der Waals surface area contributed by atoms with Crippen molar-refractivity contribution in [2.75, 3.05) is 13.1 Å². The Morgan fingerprint density at radius 2 is 1.93 bits per heavy atom. The zero-order valence-corrected chi connectivity index (χ0v) is 16.3. The molecule has 0 aliphatic carbocycles. The first-order chi connectivity index (χ1) is 13.1. The molecular formula is C21H26ClN3O2. The quantitative estimate of drug-likeness (QED) is 0.861. The molecule has 5 rings (SSSR count). The summed E-state index contributed by atoms with van der Waals surface area (Å²) in [5.74, 6) is 1.98. The molecule has 4 heterocycles. The number of carbonyl (C=O) groups excluding carboxylic acids is 1. The second-order valence-electron chi connectivity index (χ2n) is 8.50. The zero-order chi connectivity index (χ0) is 18.4. The molecule has 0 spiro atoms. The minimum atomic E-state index is 0.287. The molecule has 2 bridgehead atoms. The maximum absolute atomic E-state index is 12.8. The summed E-state index contributed by atoms with van der Waals surface area (Å²) in [6, 6.07) is 6.85. The van der Waals surface area contributed by atoms with Gasteiger partial charge < -0.3 is 14.6 Å². The fraction of sp³-hybridized carbons (Fsp3) is 0.619. The first-order valence-corrected chi connectivity index (χ1v) is 10.6. The minimum absolute atomic E-state index is 0.287. The van der Waals surface area contributed by atoms with Crippen LogP contribution in [0.15, 0.2) is 22.6 Å². The average molecular weight is 388 g/mol. The van der Waals surface area contributed by atoms with E-state index in [9.17, 15) is 4.79 Å². The minimum Gasteiger partial charge on any atom is -0.440 e. The predicted molar refractivity (Wildman–Crippen MR) is 105 cm³/mol. The molecule has 6 heteroatoms. The molecule has 2 aromatic rings. The molecule has 3 fully saturated rings. The van der Waals surface area contributed by atoms with Crippen LogP contribution in [0.1, 0.15) is 56.8 Å². The van der Waals surface area contributed by atoms with E-state index in [1.165, 1.54) is 25.7 Å². The van der Waals surface area contributed by atoms with Gasteiger partial charge in [0, 0.05) is 42.5 Å². The maximum atomic E-state index is 12.8. The van der Waals surface area contributed by atoms with Gasteiger partial charge in [0.2, 0.25) is 5.91 Å². The maximum Gasteiger partial charge on any atom is 0.222 e. The van der Waals surface area contributed by atoms with E-state index in [4.69, 9.17) is 16.0 Å². The summed E-state index contributed by atoms with van der Waals surface area (Å²) < 4.78 is 5.93. The lowest BCUT2D eigenvalue weighted by atomic mass is 9.88. The number of halogens is 1. The molecule has 1 aromatic carbocycles. The van der Waals surface area contributed by atoms with Gasteiger partial charge in [-0.15, -0.1) is 0 Å². The summed E-state index contributed by atoms with van der Waals surface area (Å²) in [6.07, 6.45) is 7.48. The lowest BCUT2D eigenvalue weighted by Crippen LogP contribution is -2.42. The monoisotopic (exact) mass is 387 g/mol. The van der Waals surface area contributed by atoms with Crippen LogP contribution < -0.4 is 5.32 Å². The van der Waals surface area contributed by atoms with Gasteiger partial charge in [0.15, 0.2) is 11.5 Å². The molecule has 2 atom stereocenters. The van der Waals surface area contributed by atoms with Crippen molar-refractivity contribution in [2.45, 2.75) is 62.9 Å². The van der Waals surface area contributed by atoms with Gasteiger partial charge in [0.25, 0.3) is 0 Å². The molecule has 3 aliphatic rings. The number of oxazole rings is 1. The fourth-order valence-electron chi connectivity index (χ4n) is 5.19. The predicted octanol–water partition coefficient (Wildman–Crippen LogP) is 4.11. The van der Waals surface area contributed by atoms with E-state index in [0.717, 1.165) is 49.3 Å². The molecule has 1 amide bonds. The van der Waals surface area contributed by atoms with E-state index in [1.54, 1.807) is 0 Å². The molecule has 27 heavy (non-hydrogen) atoms. The number of benzene rings is 1. The smallest absolute Gasteiger partial charge is 0.222 e. The van der Waals surface area contributed by atoms with E-state index in [1.807, 2.05) is 18.2 Å². The topological polar surface area (TPSA) is 58.4 Å². The molecule has 1 N–H and O–H groups in total. The number of hydrogen-bond acceptors (Lipinski definition) is 4. The van der Waals surface area contributed by atoms with Crippen molar-refractivity contribution in [3.05, 3.63) is 29.1 Å². The van der Waals surface area contributed by atoms with Crippen molar-refractivity contribution in [3.63, 3.8) is 0 Å². The Labute approximate surface area is 164 Å². The first-order valence-electron chi connectivity index (χ1n) is 10.2. The SMILES string of the molecule is O=C(CC1CC2CCC(C1)N2)N1CCC(c2nc3cc(Cl)ccc3o2)CC1. The summed E-state index contributed by atoms with van der Waals surface area (Å²) in [6.45, 7) is 1.61. The Kier molecular flexibility index (Phi) is 4.60. The summed E-state index contributed by atoms with van der Waals surface area (Å²) in [7, 11) is 0. The Balaban J connectivity index is 1.17. The fourth-order valence-corrected chi connectivity index (χ4v) is 5.35. The number of aromatic nitrogens is 1. The van der Waals surface area contributed by atoms with Crippen LogP contribution in [0.25, 0.3) is 11.1 Å². The average Bonchev–Trinajstić information content (AvgIpc) is 3.24. The highest BCUT2D eigenvalue weighted by Crippen LogP contribution is 2.34. The van der Waals surface area contributed by atoms with Gasteiger partial charge in [-0.3, -0.25) is 4.79 Å². The number of piperidine rings is 2. The van der Waals surface area contributed by atoms with Gasteiger partial charge in [0.05, 0.1) is 0 Å². The Hall–Kier alpha value is -1.59. The Bertz CT molecular complexity index is 831. The van der Waals surface area contributed by atoms with Gasteiger partial charge in [-0.2, -0.15) is 0 Å². The molecule has 2 unspecified atom stereocenters. The highest BCUT2D eigenvalue weighted by Gasteiger charge is 2.35. The van der Waals surface area contributed by atoms with Crippen LogP contribution in [-0.4, -0.2) is 41.0 Å². The first kappa shape index (κ1) is 17.5. The van der Waals surface area contributed by atoms with E-state index < -0.39 is 0 Å². The lowest BCUT2D eigenvalue weighted by molar-refractivity contribution is -0.133. The van der Waals surface area contributed by atoms with E-state index in [0.29, 0.717) is 28.9 Å². The van der Waals surface area contributed by atoms with Crippen LogP contribution in [-0.2, 0) is 4.79 Å². The Morgan fingerprint density at radius 3 is 2.67 bits per heavy atom. The van der Waals surface area contributed by atoms with Crippen LogP contribution >= 0.6 is 11.6 Å². The second kappa shape index (κ2) is 7.10. The van der Waals surface area contributed by atoms with Crippen LogP contribution in [0, 0.1) is 5.92 Å². The number of likely N-dealkylation sites (tertiary alicyclic amines) is 1. The molecule has 3 aliphatic heterocycles. The van der Waals surface area contributed by atoms with Gasteiger partial charge >= 0.3 is 0 Å². The number of nitrogens with one attached hydrogen (secondary N) is 1. The summed E-state index contributed by atoms with van der Waals surface area (Å²) >= 11 is 6.04. The zero-order valence-electron chi connectivity index (χ0n) is 15.5. The summed E-state index contributed by atoms with van der Waals surface area (Å²) in [4.78, 5) is 19.5. The molecule has 1 aromatic heterocycles. The van der Waals surface area contributed by atoms with Crippen molar-refractivity contribution in [3.8, 4) is 0 Å². The molecule has 144 valence electrons. The van der Waals surface area contributed by atoms with Gasteiger partial charge in [0.1, 0.15) is 5.52 Å². The van der Waals surface area contributed by atoms with Crippen molar-refractivity contribution in [1.82, 2.24) is 15.2 Å². The van der Waals surface area contributed by atoms with Gasteiger partial charge in [-0.1, -0.05) is 11.6 Å². The van der Waals surface area contributed by atoms with Crippen LogP contribution in [0.2, 0.25) is 5.02 Å². The van der Waals surface area contributed by atoms with Crippen LogP contribution in [0.4, 0.5) is 0 Å². The normalized spacial score (nSPS) is 28.8. The van der Waals surface area contributed by atoms with Crippen molar-refractivity contribution < 1.29 is 9.21 Å². The van der Waals surface area contributed by atoms with Crippen molar-refractivity contribution in [2.24, 2.45) is 5.92 Å². The highest BCUT2D eigenvalue weighted by molar-refractivity contribution is 6.31. The standard InChI is InChI=1S/C21H26ClN3O2/c22-15-1-4-19-18(12-15)24-21(27-19)14-5-7-25(8-6-14)20(26)11-13-9-16-2-3-17(10-13)23-16/h1,4,12-14,16-17,23H,2-3,5-11H2. The van der Waals surface area contributed by atoms with Gasteiger partial charge in [-0.05, 0) is 62.6 Å². The number of amides is 1. The van der Waals surface area contributed by atoms with Crippen molar-refractivity contribution >= 4 is 28.6 Å². The van der Waals surface area contributed by atoms with Crippen molar-refractivity contribution in [1.29, 1.82) is 0 Å². The van der Waals surface area contributed by atoms with E-state index in [-0.39, 0.29) is 5.92 Å². The number of rotatable bonds is 3. The third-order valence-electron chi connectivity index (χ3n) is 6.60. The molecule has 0 saturated carbocycles.